The summed E-state index contributed by atoms with van der Waals surface area (Å²) in [6.07, 6.45) is -18.8. The fourth-order valence-corrected chi connectivity index (χ4v) is 20.2. The lowest BCUT2D eigenvalue weighted by molar-refractivity contribution is -0.669. The molecular weight excluding hydrogens is 1940 g/mol. The monoisotopic (exact) mass is 2030 g/mol. The summed E-state index contributed by atoms with van der Waals surface area (Å²) in [5.74, 6) is -22.9. The number of ether oxygens (including phenoxy) is 2. The maximum Gasteiger partial charge on any atom is 0.422 e. The summed E-state index contributed by atoms with van der Waals surface area (Å²) < 4.78 is 285. The van der Waals surface area contributed by atoms with Gasteiger partial charge in [-0.1, -0.05) is 200 Å². The fourth-order valence-electron chi connectivity index (χ4n) is 11.4. The van der Waals surface area contributed by atoms with Gasteiger partial charge in [-0.15, -0.1) is 0 Å². The van der Waals surface area contributed by atoms with Crippen molar-refractivity contribution in [3.8, 4) is 22.5 Å². The number of nitrogens with one attached hydrogen (secondary N) is 2. The van der Waals surface area contributed by atoms with Crippen LogP contribution in [0.25, 0.3) is 22.5 Å². The van der Waals surface area contributed by atoms with Crippen molar-refractivity contribution in [1.29, 1.82) is 0 Å². The van der Waals surface area contributed by atoms with Gasteiger partial charge in [0.2, 0.25) is 0 Å². The highest BCUT2D eigenvalue weighted by Crippen LogP contribution is 2.71. The van der Waals surface area contributed by atoms with Gasteiger partial charge in [-0.3, -0.25) is 60.4 Å². The van der Waals surface area contributed by atoms with Gasteiger partial charge in [-0.05, 0) is 79.1 Å². The smallest absolute Gasteiger partial charge is 0.367 e. The molecule has 712 valence electrons. The number of thiazole rings is 2. The summed E-state index contributed by atoms with van der Waals surface area (Å²) in [7, 11) is -35.1. The Bertz CT molecular complexity index is 5730. The molecule has 0 bridgehead atoms. The molecule has 8 aromatic carbocycles. The standard InChI is InChI=1S/C18H19N3O9P2S.C18H20N2O7P2S.C14H13F8O4P.C14H14FO3P.C11H13F4O4P.CH4/c22-18(31(25,26)27,32(28,29)30)10-11-20-16(13-4-2-1-3-5-13)12-33-17(20)19-14-6-8-15(9-7-14)21(23)24;21-18(28(22,23)24,29(25,26)27)11-12-20-16(14-7-3-1-4-8-14)13-30-17(20)19-15-9-5-2-6-10-15;1-10(15)12(18,19)13(20,26-14(10,21)22)11(16,17)9(25-27(2,23)24)8-6-4-3-5-7-8;1-11(12-7-9-13(15)10-8-12)18-19(16,17)14-5-3-2-4-6-14;1-18-11(14,15)10(12,13)9(19-20(2,16)17)8-6-4-3-5-7-8;/h1-9,12,22H,10-11H2,(H4,25,26,27,28,29,30);1-10,13,21H,11-12H2,(H4,22,23,24,25,26,27);3-7,9H,1-2H3,(H,23,24);2-11H,1H3,(H,16,17);3-7,9H,1-2H3,(H,16,17);1H4/p+2. The number of anilines is 4. The molecule has 3 heterocycles. The third-order valence-electron chi connectivity index (χ3n) is 18.4. The second-order valence-electron chi connectivity index (χ2n) is 27.8. The normalized spacial score (nSPS) is 18.1. The molecule has 8 unspecified atom stereocenters. The first-order valence-corrected chi connectivity index (χ1v) is 50.2. The number of methoxy groups -OCH3 is 1. The number of para-hydroxylation sites is 1. The Balaban J connectivity index is 0.000000254. The van der Waals surface area contributed by atoms with Crippen LogP contribution in [-0.2, 0) is 68.1 Å². The van der Waals surface area contributed by atoms with Crippen LogP contribution in [0.15, 0.2) is 241 Å². The van der Waals surface area contributed by atoms with Crippen LogP contribution >= 0.6 is 75.8 Å². The van der Waals surface area contributed by atoms with Crippen LogP contribution in [0.1, 0.15) is 69.1 Å². The van der Waals surface area contributed by atoms with Crippen molar-refractivity contribution in [2.75, 3.05) is 31.1 Å². The summed E-state index contributed by atoms with van der Waals surface area (Å²) in [6.45, 7) is 1.54. The summed E-state index contributed by atoms with van der Waals surface area (Å²) in [5.41, 5.74) is -1.84. The van der Waals surface area contributed by atoms with Gasteiger partial charge in [-0.25, -0.2) is 28.5 Å². The molecule has 0 spiro atoms. The molecule has 32 nitrogen and oxygen atoms in total. The molecule has 10 aromatic rings. The highest BCUT2D eigenvalue weighted by atomic mass is 32.1. The third-order valence-corrected chi connectivity index (χ3v) is 30.7. The Morgan fingerprint density at radius 3 is 1.17 bits per heavy atom. The average Bonchev–Trinajstić information content (AvgIpc) is 1.51. The zero-order valence-electron chi connectivity index (χ0n) is 66.9. The number of nitro benzene ring substituents is 1. The Kier molecular flexibility index (Phi) is 36.7. The van der Waals surface area contributed by atoms with Crippen LogP contribution in [0.4, 0.5) is 84.4 Å². The number of rotatable bonds is 32. The summed E-state index contributed by atoms with van der Waals surface area (Å²) in [6, 6.07) is 57.7. The van der Waals surface area contributed by atoms with Gasteiger partial charge in [-0.2, -0.15) is 48.3 Å². The Labute approximate surface area is 739 Å². The molecular formula is C76H85F13N5O27P7S2+2. The number of hydrogen-bond donors (Lipinski definition) is 15. The van der Waals surface area contributed by atoms with Crippen molar-refractivity contribution in [1.82, 2.24) is 0 Å². The SMILES string of the molecule is C.CC(OP(=O)(O)c1ccccc1)c1ccc(F)cc1.CC1(F)C(F)(F)OC(F)(C(F)(F)C(OP(C)(=O)O)c2ccccc2)C1(F)F.COC(F)(F)C(F)(F)C(OP(C)(=O)O)c1ccccc1.O=P(O)(O)C(O)(CC[n+]1c(-c2ccccc2)csc1Nc1ccccc1)P(=O)(O)O.O=[N+]([O-])c1ccc(Nc2scc(-c3ccccc3)[n+]2CCC(O)(P(=O)(O)O)P(=O)(O)O)cc1. The number of nitro groups is 1. The van der Waals surface area contributed by atoms with Gasteiger partial charge >= 0.3 is 99.3 Å². The largest absolute Gasteiger partial charge is 0.422 e. The number of alkyl halides is 12. The number of halogens is 13. The van der Waals surface area contributed by atoms with Crippen LogP contribution < -0.4 is 25.1 Å². The minimum absolute atomic E-state index is 0. The predicted molar refractivity (Wildman–Crippen MR) is 450 cm³/mol. The second kappa shape index (κ2) is 43.1. The highest BCUT2D eigenvalue weighted by Gasteiger charge is 2.93. The van der Waals surface area contributed by atoms with E-state index in [2.05, 4.69) is 29.2 Å². The molecule has 0 radical (unpaired) electrons. The maximum absolute atomic E-state index is 14.7. The molecule has 0 saturated carbocycles. The lowest BCUT2D eigenvalue weighted by atomic mass is 9.88. The van der Waals surface area contributed by atoms with E-state index in [9.17, 15) is 158 Å². The van der Waals surface area contributed by atoms with E-state index in [4.69, 9.17) is 9.42 Å². The number of aromatic nitrogens is 2. The van der Waals surface area contributed by atoms with Gasteiger partial charge in [0.05, 0.1) is 29.4 Å². The van der Waals surface area contributed by atoms with E-state index in [-0.39, 0.29) is 42.9 Å². The number of benzene rings is 8. The van der Waals surface area contributed by atoms with Crippen molar-refractivity contribution < 1.29 is 190 Å². The van der Waals surface area contributed by atoms with Gasteiger partial charge in [0, 0.05) is 67.3 Å². The molecule has 54 heteroatoms. The maximum atomic E-state index is 14.7. The van der Waals surface area contributed by atoms with E-state index in [0.717, 1.165) is 47.6 Å². The van der Waals surface area contributed by atoms with Crippen LogP contribution in [0.2, 0.25) is 0 Å². The number of hydrogen-bond acceptors (Lipinski definition) is 20. The van der Waals surface area contributed by atoms with Crippen LogP contribution in [0, 0.1) is 15.9 Å². The predicted octanol–water partition coefficient (Wildman–Crippen LogP) is 17.9. The van der Waals surface area contributed by atoms with Gasteiger partial charge < -0.3 is 68.8 Å². The van der Waals surface area contributed by atoms with Gasteiger partial charge in [0.1, 0.15) is 28.6 Å². The molecule has 8 atom stereocenters. The summed E-state index contributed by atoms with van der Waals surface area (Å²) in [4.78, 5) is 114. The molecule has 1 saturated heterocycles. The van der Waals surface area contributed by atoms with Gasteiger partial charge in [0.25, 0.3) is 21.5 Å². The molecule has 0 amide bonds. The van der Waals surface area contributed by atoms with Crippen molar-refractivity contribution in [2.24, 2.45) is 0 Å². The van der Waals surface area contributed by atoms with E-state index in [1.165, 1.54) is 112 Å². The third kappa shape index (κ3) is 26.5. The molecule has 130 heavy (non-hydrogen) atoms. The zero-order valence-corrected chi connectivity index (χ0v) is 74.8. The van der Waals surface area contributed by atoms with E-state index in [0.29, 0.717) is 58.9 Å². The second-order valence-corrected chi connectivity index (χ2v) is 43.0. The lowest BCUT2D eigenvalue weighted by Crippen LogP contribution is -2.62. The van der Waals surface area contributed by atoms with Crippen LogP contribution in [0.3, 0.4) is 0 Å². The first kappa shape index (κ1) is 111. The van der Waals surface area contributed by atoms with E-state index in [1.807, 2.05) is 66.0 Å². The van der Waals surface area contributed by atoms with E-state index < -0.39 is 153 Å². The zero-order chi connectivity index (χ0) is 97.0. The first-order chi connectivity index (χ1) is 59.3. The minimum atomic E-state index is -6.06. The Morgan fingerprint density at radius 1 is 0.492 bits per heavy atom. The molecule has 11 rings (SSSR count). The Hall–Kier alpha value is -8.00. The highest BCUT2D eigenvalue weighted by molar-refractivity contribution is 7.72. The van der Waals surface area contributed by atoms with Crippen LogP contribution in [0.5, 0.6) is 0 Å². The first-order valence-electron chi connectivity index (χ1n) is 36.3. The lowest BCUT2D eigenvalue weighted by Gasteiger charge is -2.38. The molecule has 1 aliphatic heterocycles. The van der Waals surface area contributed by atoms with Gasteiger partial charge in [0.15, 0.2) is 12.2 Å². The van der Waals surface area contributed by atoms with Crippen molar-refractivity contribution in [3.63, 3.8) is 0 Å². The minimum Gasteiger partial charge on any atom is -0.367 e. The average molecular weight is 2030 g/mol. The van der Waals surface area contributed by atoms with Crippen molar-refractivity contribution in [3.05, 3.63) is 274 Å². The molecule has 1 aliphatic rings. The number of aliphatic hydroxyl groups is 2. The summed E-state index contributed by atoms with van der Waals surface area (Å²) in [5, 5.41) is 35.3. The quantitative estimate of drug-likeness (QED) is 0.00612. The van der Waals surface area contributed by atoms with Crippen molar-refractivity contribution >= 4 is 108 Å². The topological polar surface area (TPSA) is 504 Å². The van der Waals surface area contributed by atoms with E-state index in [1.54, 1.807) is 65.4 Å². The van der Waals surface area contributed by atoms with E-state index >= 15 is 0 Å². The van der Waals surface area contributed by atoms with Crippen LogP contribution in [-0.4, -0.2) is 141 Å². The number of nitrogens with zero attached hydrogens (tertiary/aromatic N) is 3. The Morgan fingerprint density at radius 2 is 0.831 bits per heavy atom. The van der Waals surface area contributed by atoms with Crippen molar-refractivity contribution in [2.45, 2.75) is 117 Å². The molecule has 15 N–H and O–H groups in total. The molecule has 1 fully saturated rings. The molecule has 0 aliphatic carbocycles. The number of non-ortho nitro benzene ring substituents is 1. The fraction of sp³-hybridized carbons (Fsp3) is 0.289. The summed E-state index contributed by atoms with van der Waals surface area (Å²) >= 11 is 2.50. The molecule has 2 aromatic heterocycles.